The van der Waals surface area contributed by atoms with Crippen LogP contribution in [0.25, 0.3) is 11.4 Å². The van der Waals surface area contributed by atoms with E-state index in [1.54, 1.807) is 30.6 Å². The van der Waals surface area contributed by atoms with Gasteiger partial charge in [0, 0.05) is 18.4 Å². The molecule has 27 heavy (non-hydrogen) atoms. The number of aryl methyl sites for hydroxylation is 1. The average Bonchev–Trinajstić information content (AvgIpc) is 3.03. The summed E-state index contributed by atoms with van der Waals surface area (Å²) in [7, 11) is 0. The summed E-state index contributed by atoms with van der Waals surface area (Å²) in [6.45, 7) is 6.54. The molecular formula is C20H22N6O. The van der Waals surface area contributed by atoms with Gasteiger partial charge in [-0.1, -0.05) is 0 Å². The average molecular weight is 362 g/mol. The van der Waals surface area contributed by atoms with Crippen LogP contribution < -0.4 is 10.5 Å². The highest BCUT2D eigenvalue weighted by Crippen LogP contribution is 2.34. The number of nitrogens with zero attached hydrogens (tertiary/aromatic N) is 5. The van der Waals surface area contributed by atoms with Gasteiger partial charge in [-0.05, 0) is 57.5 Å². The lowest BCUT2D eigenvalue weighted by molar-refractivity contribution is 0.476. The Morgan fingerprint density at radius 1 is 1.22 bits per heavy atom. The van der Waals surface area contributed by atoms with Gasteiger partial charge in [-0.25, -0.2) is 9.97 Å². The van der Waals surface area contributed by atoms with Crippen LogP contribution >= 0.6 is 0 Å². The molecule has 0 aliphatic rings. The van der Waals surface area contributed by atoms with E-state index in [1.807, 2.05) is 17.8 Å². The van der Waals surface area contributed by atoms with Crippen LogP contribution in [-0.2, 0) is 6.42 Å². The zero-order chi connectivity index (χ0) is 19.4. The van der Waals surface area contributed by atoms with Crippen molar-refractivity contribution in [2.24, 2.45) is 5.73 Å². The molecule has 0 radical (unpaired) electrons. The van der Waals surface area contributed by atoms with E-state index < -0.39 is 0 Å². The van der Waals surface area contributed by atoms with Gasteiger partial charge in [-0.3, -0.25) is 4.68 Å². The number of aromatic nitrogens is 4. The van der Waals surface area contributed by atoms with E-state index in [4.69, 9.17) is 10.5 Å². The molecule has 0 atom stereocenters. The maximum atomic E-state index is 9.25. The van der Waals surface area contributed by atoms with Gasteiger partial charge in [0.05, 0.1) is 23.4 Å². The zero-order valence-electron chi connectivity index (χ0n) is 15.7. The van der Waals surface area contributed by atoms with Gasteiger partial charge in [0.2, 0.25) is 0 Å². The van der Waals surface area contributed by atoms with E-state index in [0.29, 0.717) is 35.0 Å². The van der Waals surface area contributed by atoms with Crippen LogP contribution in [0.5, 0.6) is 11.5 Å². The second kappa shape index (κ2) is 7.98. The predicted octanol–water partition coefficient (Wildman–Crippen LogP) is 3.39. The fourth-order valence-corrected chi connectivity index (χ4v) is 2.60. The number of nitrogens with two attached hydrogens (primary N) is 1. The molecule has 0 spiro atoms. The Morgan fingerprint density at radius 3 is 2.56 bits per heavy atom. The molecule has 1 aromatic carbocycles. The Kier molecular flexibility index (Phi) is 5.48. The number of ether oxygens (including phenoxy) is 1. The normalized spacial score (nSPS) is 10.8. The van der Waals surface area contributed by atoms with Crippen LogP contribution in [0.4, 0.5) is 0 Å². The summed E-state index contributed by atoms with van der Waals surface area (Å²) in [5.74, 6) is 1.69. The Labute approximate surface area is 158 Å². The molecule has 0 bridgehead atoms. The minimum atomic E-state index is 0.226. The standard InChI is InChI=1S/C20H22N6O/c1-13(2)26-12-19(14(3)25-26)27-18-8-15(9-22)4-5-17(18)20-23-10-16(6-7-21)11-24-20/h4-5,8,10-13H,6-7,21H2,1-3H3. The number of rotatable bonds is 6. The fourth-order valence-electron chi connectivity index (χ4n) is 2.60. The second-order valence-electron chi connectivity index (χ2n) is 6.53. The van der Waals surface area contributed by atoms with Crippen molar-refractivity contribution in [2.45, 2.75) is 33.2 Å². The van der Waals surface area contributed by atoms with Crippen LogP contribution in [0.3, 0.4) is 0 Å². The van der Waals surface area contributed by atoms with Crippen molar-refractivity contribution < 1.29 is 4.74 Å². The van der Waals surface area contributed by atoms with E-state index in [1.165, 1.54) is 0 Å². The van der Waals surface area contributed by atoms with Gasteiger partial charge in [0.25, 0.3) is 0 Å². The summed E-state index contributed by atoms with van der Waals surface area (Å²) in [6, 6.07) is 7.59. The number of hydrogen-bond acceptors (Lipinski definition) is 6. The molecule has 0 fully saturated rings. The molecular weight excluding hydrogens is 340 g/mol. The van der Waals surface area contributed by atoms with Gasteiger partial charge in [-0.15, -0.1) is 0 Å². The third kappa shape index (κ3) is 4.13. The predicted molar refractivity (Wildman–Crippen MR) is 102 cm³/mol. The summed E-state index contributed by atoms with van der Waals surface area (Å²) in [5, 5.41) is 13.7. The topological polar surface area (TPSA) is 103 Å². The first-order valence-corrected chi connectivity index (χ1v) is 8.81. The van der Waals surface area contributed by atoms with Crippen molar-refractivity contribution in [3.05, 3.63) is 53.6 Å². The van der Waals surface area contributed by atoms with E-state index in [9.17, 15) is 5.26 Å². The molecule has 2 N–H and O–H groups in total. The van der Waals surface area contributed by atoms with Crippen LogP contribution in [0.15, 0.2) is 36.8 Å². The molecule has 7 nitrogen and oxygen atoms in total. The van der Waals surface area contributed by atoms with Gasteiger partial charge in [0.15, 0.2) is 11.6 Å². The van der Waals surface area contributed by atoms with Crippen molar-refractivity contribution in [3.8, 4) is 29.0 Å². The summed E-state index contributed by atoms with van der Waals surface area (Å²) in [6.07, 6.45) is 6.11. The lowest BCUT2D eigenvalue weighted by Gasteiger charge is -2.10. The molecule has 0 unspecified atom stereocenters. The van der Waals surface area contributed by atoms with Gasteiger partial charge >= 0.3 is 0 Å². The second-order valence-corrected chi connectivity index (χ2v) is 6.53. The molecule has 3 aromatic rings. The zero-order valence-corrected chi connectivity index (χ0v) is 15.7. The summed E-state index contributed by atoms with van der Waals surface area (Å²) >= 11 is 0. The quantitative estimate of drug-likeness (QED) is 0.721. The number of benzene rings is 1. The maximum absolute atomic E-state index is 9.25. The first-order chi connectivity index (χ1) is 13.0. The third-order valence-electron chi connectivity index (χ3n) is 4.11. The van der Waals surface area contributed by atoms with E-state index in [2.05, 4.69) is 35.0 Å². The van der Waals surface area contributed by atoms with E-state index in [-0.39, 0.29) is 6.04 Å². The molecule has 3 rings (SSSR count). The van der Waals surface area contributed by atoms with Crippen molar-refractivity contribution in [1.29, 1.82) is 5.26 Å². The number of nitriles is 1. The lowest BCUT2D eigenvalue weighted by atomic mass is 10.1. The lowest BCUT2D eigenvalue weighted by Crippen LogP contribution is -2.04. The Bertz CT molecular complexity index is 969. The third-order valence-corrected chi connectivity index (χ3v) is 4.11. The molecule has 0 aliphatic heterocycles. The Balaban J connectivity index is 2.00. The SMILES string of the molecule is Cc1nn(C(C)C)cc1Oc1cc(C#N)ccc1-c1ncc(CCN)cn1. The van der Waals surface area contributed by atoms with Crippen molar-refractivity contribution in [3.63, 3.8) is 0 Å². The Morgan fingerprint density at radius 2 is 1.96 bits per heavy atom. The molecule has 0 saturated carbocycles. The summed E-state index contributed by atoms with van der Waals surface area (Å²) in [4.78, 5) is 8.86. The summed E-state index contributed by atoms with van der Waals surface area (Å²) < 4.78 is 7.96. The van der Waals surface area contributed by atoms with Gasteiger partial charge in [0.1, 0.15) is 11.4 Å². The molecule has 7 heteroatoms. The van der Waals surface area contributed by atoms with Crippen molar-refractivity contribution in [2.75, 3.05) is 6.54 Å². The largest absolute Gasteiger partial charge is 0.453 e. The van der Waals surface area contributed by atoms with E-state index in [0.717, 1.165) is 17.7 Å². The van der Waals surface area contributed by atoms with Crippen molar-refractivity contribution >= 4 is 0 Å². The highest BCUT2D eigenvalue weighted by atomic mass is 16.5. The van der Waals surface area contributed by atoms with Crippen LogP contribution in [-0.4, -0.2) is 26.3 Å². The molecule has 2 heterocycles. The Hall–Kier alpha value is -3.24. The van der Waals surface area contributed by atoms with Crippen LogP contribution in [0.2, 0.25) is 0 Å². The first kappa shape index (κ1) is 18.5. The highest BCUT2D eigenvalue weighted by Gasteiger charge is 2.15. The molecule has 0 aliphatic carbocycles. The first-order valence-electron chi connectivity index (χ1n) is 8.81. The van der Waals surface area contributed by atoms with Crippen molar-refractivity contribution in [1.82, 2.24) is 19.7 Å². The molecule has 0 amide bonds. The highest BCUT2D eigenvalue weighted by molar-refractivity contribution is 5.66. The molecule has 138 valence electrons. The maximum Gasteiger partial charge on any atom is 0.168 e. The van der Waals surface area contributed by atoms with Gasteiger partial charge in [-0.2, -0.15) is 10.4 Å². The van der Waals surface area contributed by atoms with Gasteiger partial charge < -0.3 is 10.5 Å². The number of hydrogen-bond donors (Lipinski definition) is 1. The molecule has 0 saturated heterocycles. The summed E-state index contributed by atoms with van der Waals surface area (Å²) in [5.41, 5.74) is 8.54. The smallest absolute Gasteiger partial charge is 0.168 e. The minimum Gasteiger partial charge on any atom is -0.453 e. The van der Waals surface area contributed by atoms with Crippen LogP contribution in [0, 0.1) is 18.3 Å². The molecule has 2 aromatic heterocycles. The van der Waals surface area contributed by atoms with E-state index >= 15 is 0 Å². The fraction of sp³-hybridized carbons (Fsp3) is 0.300. The van der Waals surface area contributed by atoms with Crippen LogP contribution in [0.1, 0.15) is 36.7 Å². The minimum absolute atomic E-state index is 0.226. The monoisotopic (exact) mass is 362 g/mol.